The Bertz CT molecular complexity index is 1360. The van der Waals surface area contributed by atoms with Crippen molar-refractivity contribution in [3.05, 3.63) is 95.2 Å². The molecule has 180 valence electrons. The molecule has 0 bridgehead atoms. The molecular weight excluding hydrogens is 459 g/mol. The summed E-state index contributed by atoms with van der Waals surface area (Å²) < 4.78 is 38.6. The fraction of sp³-hybridized carbons (Fsp3) is 0.154. The number of halogens is 3. The summed E-state index contributed by atoms with van der Waals surface area (Å²) in [6, 6.07) is 19.0. The zero-order valence-corrected chi connectivity index (χ0v) is 18.4. The van der Waals surface area contributed by atoms with Crippen molar-refractivity contribution in [3.8, 4) is 11.1 Å². The van der Waals surface area contributed by atoms with Gasteiger partial charge >= 0.3 is 6.18 Å². The van der Waals surface area contributed by atoms with E-state index in [1.54, 1.807) is 30.3 Å². The number of alkyl halides is 3. The molecule has 1 heterocycles. The predicted octanol–water partition coefficient (Wildman–Crippen LogP) is 4.51. The maximum Gasteiger partial charge on any atom is 0.416 e. The van der Waals surface area contributed by atoms with Gasteiger partial charge in [-0.1, -0.05) is 36.4 Å². The summed E-state index contributed by atoms with van der Waals surface area (Å²) in [6.07, 6.45) is -4.44. The summed E-state index contributed by atoms with van der Waals surface area (Å²) in [4.78, 5) is 27.8. The topological polar surface area (TPSA) is 94.2 Å². The summed E-state index contributed by atoms with van der Waals surface area (Å²) in [6.45, 7) is -0.0380. The van der Waals surface area contributed by atoms with Gasteiger partial charge in [-0.05, 0) is 53.1 Å². The van der Waals surface area contributed by atoms with Crippen LogP contribution >= 0.6 is 0 Å². The quantitative estimate of drug-likeness (QED) is 0.313. The van der Waals surface area contributed by atoms with Gasteiger partial charge in [0.25, 0.3) is 11.8 Å². The molecule has 0 radical (unpaired) electrons. The number of amides is 2. The maximum atomic E-state index is 12.9. The minimum Gasteiger partial charge on any atom is -0.395 e. The van der Waals surface area contributed by atoms with Crippen molar-refractivity contribution in [2.45, 2.75) is 12.7 Å². The van der Waals surface area contributed by atoms with Gasteiger partial charge in [-0.3, -0.25) is 9.59 Å². The number of hydrogen-bond acceptors (Lipinski definition) is 3. The first-order valence-electron chi connectivity index (χ1n) is 10.8. The second kappa shape index (κ2) is 10.0. The molecule has 0 unspecified atom stereocenters. The van der Waals surface area contributed by atoms with Crippen molar-refractivity contribution in [3.63, 3.8) is 0 Å². The number of carbonyl (C=O) groups excluding carboxylic acids is 2. The molecule has 6 nitrogen and oxygen atoms in total. The average molecular weight is 481 g/mol. The van der Waals surface area contributed by atoms with E-state index in [0.29, 0.717) is 16.8 Å². The fourth-order valence-corrected chi connectivity index (χ4v) is 3.74. The normalized spacial score (nSPS) is 11.4. The molecular formula is C26H22F3N3O3. The highest BCUT2D eigenvalue weighted by Gasteiger charge is 2.30. The molecule has 0 saturated carbocycles. The molecule has 0 fully saturated rings. The standard InChI is InChI=1S/C26H22F3N3O3/c27-26(28,29)19-4-1-3-16(13-19)15-31-24(34)18-9-7-17(8-10-18)20-5-2-6-22-21(20)14-23(32-22)25(35)30-11-12-33/h1-10,13-14,32-33H,11-12,15H2,(H,30,35)(H,31,34). The van der Waals surface area contributed by atoms with Crippen LogP contribution in [0.4, 0.5) is 13.2 Å². The van der Waals surface area contributed by atoms with E-state index >= 15 is 0 Å². The molecule has 4 rings (SSSR count). The lowest BCUT2D eigenvalue weighted by Crippen LogP contribution is -2.26. The number of aliphatic hydroxyl groups excluding tert-OH is 1. The molecule has 0 saturated heterocycles. The highest BCUT2D eigenvalue weighted by Crippen LogP contribution is 2.30. The number of fused-ring (bicyclic) bond motifs is 1. The van der Waals surface area contributed by atoms with E-state index < -0.39 is 17.6 Å². The Balaban J connectivity index is 1.48. The van der Waals surface area contributed by atoms with Gasteiger partial charge in [0.15, 0.2) is 0 Å². The van der Waals surface area contributed by atoms with Crippen LogP contribution < -0.4 is 10.6 Å². The molecule has 0 aliphatic rings. The molecule has 0 aliphatic heterocycles. The Morgan fingerprint density at radius 1 is 0.886 bits per heavy atom. The van der Waals surface area contributed by atoms with Crippen LogP contribution in [0.5, 0.6) is 0 Å². The Labute approximate surface area is 198 Å². The van der Waals surface area contributed by atoms with E-state index in [2.05, 4.69) is 15.6 Å². The van der Waals surface area contributed by atoms with Crippen molar-refractivity contribution in [2.75, 3.05) is 13.2 Å². The number of hydrogen-bond donors (Lipinski definition) is 4. The highest BCUT2D eigenvalue weighted by atomic mass is 19.4. The second-order valence-electron chi connectivity index (χ2n) is 7.89. The first-order chi connectivity index (χ1) is 16.8. The van der Waals surface area contributed by atoms with Crippen LogP contribution in [0.25, 0.3) is 22.0 Å². The molecule has 2 amide bonds. The number of aromatic nitrogens is 1. The third-order valence-corrected chi connectivity index (χ3v) is 5.47. The maximum absolute atomic E-state index is 12.9. The largest absolute Gasteiger partial charge is 0.416 e. The minimum atomic E-state index is -4.44. The number of aromatic amines is 1. The van der Waals surface area contributed by atoms with Crippen molar-refractivity contribution in [1.29, 1.82) is 0 Å². The number of carbonyl (C=O) groups is 2. The smallest absolute Gasteiger partial charge is 0.395 e. The van der Waals surface area contributed by atoms with Gasteiger partial charge in [-0.25, -0.2) is 0 Å². The highest BCUT2D eigenvalue weighted by molar-refractivity contribution is 6.03. The average Bonchev–Trinajstić information content (AvgIpc) is 3.30. The second-order valence-corrected chi connectivity index (χ2v) is 7.89. The zero-order valence-electron chi connectivity index (χ0n) is 18.4. The summed E-state index contributed by atoms with van der Waals surface area (Å²) >= 11 is 0. The van der Waals surface area contributed by atoms with Crippen LogP contribution in [0.1, 0.15) is 32.0 Å². The monoisotopic (exact) mass is 481 g/mol. The van der Waals surface area contributed by atoms with Crippen LogP contribution in [-0.2, 0) is 12.7 Å². The van der Waals surface area contributed by atoms with Crippen molar-refractivity contribution in [2.24, 2.45) is 0 Å². The molecule has 4 aromatic rings. The van der Waals surface area contributed by atoms with Crippen molar-refractivity contribution >= 4 is 22.7 Å². The number of H-pyrrole nitrogens is 1. The third-order valence-electron chi connectivity index (χ3n) is 5.47. The Kier molecular flexibility index (Phi) is 6.88. The van der Waals surface area contributed by atoms with E-state index in [0.717, 1.165) is 34.2 Å². The van der Waals surface area contributed by atoms with Gasteiger partial charge < -0.3 is 20.7 Å². The van der Waals surface area contributed by atoms with Gasteiger partial charge in [0.2, 0.25) is 0 Å². The van der Waals surface area contributed by atoms with Gasteiger partial charge in [0.05, 0.1) is 12.2 Å². The minimum absolute atomic E-state index is 0.0334. The van der Waals surface area contributed by atoms with Crippen molar-refractivity contribution in [1.82, 2.24) is 15.6 Å². The third kappa shape index (κ3) is 5.52. The van der Waals surface area contributed by atoms with Gasteiger partial charge in [-0.15, -0.1) is 0 Å². The van der Waals surface area contributed by atoms with E-state index in [-0.39, 0.29) is 25.6 Å². The number of rotatable bonds is 7. The molecule has 3 aromatic carbocycles. The Morgan fingerprint density at radius 3 is 2.34 bits per heavy atom. The first kappa shape index (κ1) is 24.0. The van der Waals surface area contributed by atoms with E-state index in [1.807, 2.05) is 18.2 Å². The SMILES string of the molecule is O=C(NCc1cccc(C(F)(F)F)c1)c1ccc(-c2cccc3[nH]c(C(=O)NCCO)cc23)cc1. The van der Waals surface area contributed by atoms with Gasteiger partial charge in [-0.2, -0.15) is 13.2 Å². The lowest BCUT2D eigenvalue weighted by Gasteiger charge is -2.10. The summed E-state index contributed by atoms with van der Waals surface area (Å²) in [5, 5.41) is 15.0. The van der Waals surface area contributed by atoms with E-state index in [9.17, 15) is 22.8 Å². The van der Waals surface area contributed by atoms with Gasteiger partial charge in [0.1, 0.15) is 5.69 Å². The lowest BCUT2D eigenvalue weighted by molar-refractivity contribution is -0.137. The number of nitrogens with one attached hydrogen (secondary N) is 3. The molecule has 0 aliphatic carbocycles. The summed E-state index contributed by atoms with van der Waals surface area (Å²) in [7, 11) is 0. The molecule has 0 atom stereocenters. The summed E-state index contributed by atoms with van der Waals surface area (Å²) in [5.41, 5.74) is 2.77. The van der Waals surface area contributed by atoms with Crippen LogP contribution in [0.2, 0.25) is 0 Å². The Hall–Kier alpha value is -4.11. The van der Waals surface area contributed by atoms with E-state index in [1.165, 1.54) is 12.1 Å². The Morgan fingerprint density at radius 2 is 1.63 bits per heavy atom. The lowest BCUT2D eigenvalue weighted by atomic mass is 10.00. The molecule has 35 heavy (non-hydrogen) atoms. The molecule has 1 aromatic heterocycles. The predicted molar refractivity (Wildman–Crippen MR) is 126 cm³/mol. The van der Waals surface area contributed by atoms with Crippen LogP contribution in [0.3, 0.4) is 0 Å². The number of aliphatic hydroxyl groups is 1. The molecule has 9 heteroatoms. The van der Waals surface area contributed by atoms with Gasteiger partial charge in [0, 0.05) is 29.6 Å². The fourth-order valence-electron chi connectivity index (χ4n) is 3.74. The van der Waals surface area contributed by atoms with E-state index in [4.69, 9.17) is 5.11 Å². The number of benzene rings is 3. The van der Waals surface area contributed by atoms with Crippen LogP contribution in [-0.4, -0.2) is 35.1 Å². The zero-order chi connectivity index (χ0) is 25.0. The molecule has 4 N–H and O–H groups in total. The van der Waals surface area contributed by atoms with Crippen LogP contribution in [0, 0.1) is 0 Å². The van der Waals surface area contributed by atoms with Crippen molar-refractivity contribution < 1.29 is 27.9 Å². The molecule has 0 spiro atoms. The summed E-state index contributed by atoms with van der Waals surface area (Å²) in [5.74, 6) is -0.731. The van der Waals surface area contributed by atoms with Crippen LogP contribution in [0.15, 0.2) is 72.8 Å². The first-order valence-corrected chi connectivity index (χ1v) is 10.8.